The summed E-state index contributed by atoms with van der Waals surface area (Å²) >= 11 is 0. The Hall–Kier alpha value is -8.14. The van der Waals surface area contributed by atoms with Crippen molar-refractivity contribution in [3.05, 3.63) is 230 Å². The van der Waals surface area contributed by atoms with Crippen LogP contribution in [0.15, 0.2) is 229 Å². The van der Waals surface area contributed by atoms with Gasteiger partial charge >= 0.3 is 0 Å². The van der Waals surface area contributed by atoms with E-state index in [2.05, 4.69) is 234 Å². The van der Waals surface area contributed by atoms with Gasteiger partial charge in [0.2, 0.25) is 0 Å². The van der Waals surface area contributed by atoms with Crippen molar-refractivity contribution >= 4 is 71.6 Å². The standard InChI is InChI=1S/C64H48N2O/c1-3-19-43(20-4-1)49-31-16-21-44-22-17-32-55(63(44)49)51-28-8-12-36-59(51)66(60-37-13-9-29-52(60)56-33-18-34-57-54-30-10-14-38-62(54)67-64(56)57)48-26-15-23-45(41-48)46-39-40-53-50-27-7-11-35-58(50)65(61(53)42-46)47-24-5-2-6-25-47/h2,5-18,21-43H,1,3-4,19-20H2. The van der Waals surface area contributed by atoms with Gasteiger partial charge in [0.1, 0.15) is 11.2 Å². The molecule has 10 aromatic carbocycles. The molecule has 0 atom stereocenters. The van der Waals surface area contributed by atoms with Crippen molar-refractivity contribution in [1.82, 2.24) is 4.57 Å². The van der Waals surface area contributed by atoms with Crippen molar-refractivity contribution in [1.29, 1.82) is 0 Å². The molecule has 13 rings (SSSR count). The number of hydrogen-bond donors (Lipinski definition) is 0. The average Bonchev–Trinajstić information content (AvgIpc) is 3.95. The molecule has 1 fully saturated rings. The first-order chi connectivity index (χ1) is 33.3. The number of anilines is 3. The van der Waals surface area contributed by atoms with Crippen LogP contribution in [0.1, 0.15) is 43.6 Å². The molecule has 2 aromatic heterocycles. The second-order valence-electron chi connectivity index (χ2n) is 18.2. The molecule has 2 heterocycles. The van der Waals surface area contributed by atoms with E-state index in [0.29, 0.717) is 5.92 Å². The van der Waals surface area contributed by atoms with Gasteiger partial charge in [-0.25, -0.2) is 0 Å². The Balaban J connectivity index is 1.05. The van der Waals surface area contributed by atoms with Crippen LogP contribution in [0, 0.1) is 0 Å². The highest BCUT2D eigenvalue weighted by Gasteiger charge is 2.25. The van der Waals surface area contributed by atoms with Gasteiger partial charge in [0, 0.05) is 49.6 Å². The molecule has 0 saturated heterocycles. The maximum Gasteiger partial charge on any atom is 0.143 e. The largest absolute Gasteiger partial charge is 0.455 e. The first kappa shape index (κ1) is 39.2. The predicted octanol–water partition coefficient (Wildman–Crippen LogP) is 18.4. The Morgan fingerprint density at radius 3 is 1.87 bits per heavy atom. The molecule has 1 aliphatic rings. The van der Waals surface area contributed by atoms with Crippen molar-refractivity contribution in [2.75, 3.05) is 4.90 Å². The summed E-state index contributed by atoms with van der Waals surface area (Å²) in [5, 5.41) is 7.41. The molecule has 320 valence electrons. The quantitative estimate of drug-likeness (QED) is 0.152. The summed E-state index contributed by atoms with van der Waals surface area (Å²) < 4.78 is 9.16. The van der Waals surface area contributed by atoms with Gasteiger partial charge < -0.3 is 13.9 Å². The average molecular weight is 861 g/mol. The molecule has 3 heteroatoms. The fourth-order valence-electron chi connectivity index (χ4n) is 11.3. The minimum atomic E-state index is 0.557. The molecule has 67 heavy (non-hydrogen) atoms. The van der Waals surface area contributed by atoms with E-state index >= 15 is 0 Å². The Labute approximate surface area is 390 Å². The molecule has 0 bridgehead atoms. The summed E-state index contributed by atoms with van der Waals surface area (Å²) in [4.78, 5) is 2.50. The van der Waals surface area contributed by atoms with Gasteiger partial charge in [-0.2, -0.15) is 0 Å². The van der Waals surface area contributed by atoms with Gasteiger partial charge in [-0.05, 0) is 106 Å². The van der Waals surface area contributed by atoms with Crippen LogP contribution in [-0.2, 0) is 0 Å². The molecule has 1 aliphatic carbocycles. The second kappa shape index (κ2) is 16.4. The third kappa shape index (κ3) is 6.64. The van der Waals surface area contributed by atoms with Crippen LogP contribution < -0.4 is 4.90 Å². The van der Waals surface area contributed by atoms with E-state index < -0.39 is 0 Å². The highest BCUT2D eigenvalue weighted by atomic mass is 16.3. The monoisotopic (exact) mass is 860 g/mol. The van der Waals surface area contributed by atoms with E-state index in [1.807, 2.05) is 0 Å². The highest BCUT2D eigenvalue weighted by molar-refractivity contribution is 6.12. The minimum Gasteiger partial charge on any atom is -0.455 e. The fourth-order valence-corrected chi connectivity index (χ4v) is 11.3. The van der Waals surface area contributed by atoms with Crippen LogP contribution in [0.2, 0.25) is 0 Å². The molecule has 0 amide bonds. The molecule has 3 nitrogen and oxygen atoms in total. The van der Waals surface area contributed by atoms with E-state index in [-0.39, 0.29) is 0 Å². The molecule has 0 radical (unpaired) electrons. The number of para-hydroxylation sites is 6. The van der Waals surface area contributed by atoms with Gasteiger partial charge in [0.15, 0.2) is 0 Å². The minimum absolute atomic E-state index is 0.557. The number of fused-ring (bicyclic) bond motifs is 7. The lowest BCUT2D eigenvalue weighted by Gasteiger charge is -2.31. The van der Waals surface area contributed by atoms with E-state index in [0.717, 1.165) is 66.9 Å². The van der Waals surface area contributed by atoms with Crippen molar-refractivity contribution in [3.63, 3.8) is 0 Å². The lowest BCUT2D eigenvalue weighted by molar-refractivity contribution is 0.445. The van der Waals surface area contributed by atoms with E-state index in [1.165, 1.54) is 81.4 Å². The van der Waals surface area contributed by atoms with Crippen LogP contribution in [0.4, 0.5) is 17.1 Å². The second-order valence-corrected chi connectivity index (χ2v) is 18.2. The van der Waals surface area contributed by atoms with Gasteiger partial charge in [-0.3, -0.25) is 0 Å². The number of rotatable bonds is 8. The van der Waals surface area contributed by atoms with Crippen LogP contribution >= 0.6 is 0 Å². The van der Waals surface area contributed by atoms with Gasteiger partial charge in [-0.1, -0.05) is 189 Å². The van der Waals surface area contributed by atoms with Crippen molar-refractivity contribution in [2.45, 2.75) is 38.0 Å². The Morgan fingerprint density at radius 1 is 0.418 bits per heavy atom. The number of benzene rings is 10. The SMILES string of the molecule is c1ccc(-n2c3ccccc3c3ccc(-c4cccc(N(c5ccccc5-c5cccc6c5oc5ccccc56)c5ccccc5-c5cccc6cccc(C7CCCCC7)c56)c4)cc32)cc1. The zero-order chi connectivity index (χ0) is 44.3. The molecule has 0 N–H and O–H groups in total. The summed E-state index contributed by atoms with van der Waals surface area (Å²) in [5.41, 5.74) is 17.0. The van der Waals surface area contributed by atoms with Crippen LogP contribution in [0.25, 0.3) is 93.6 Å². The third-order valence-electron chi connectivity index (χ3n) is 14.4. The molecule has 0 unspecified atom stereocenters. The first-order valence-corrected chi connectivity index (χ1v) is 23.9. The number of aromatic nitrogens is 1. The normalized spacial score (nSPS) is 13.3. The Kier molecular flexibility index (Phi) is 9.60. The van der Waals surface area contributed by atoms with Crippen LogP contribution in [0.5, 0.6) is 0 Å². The molecular formula is C64H48N2O. The summed E-state index contributed by atoms with van der Waals surface area (Å²) in [7, 11) is 0. The summed E-state index contributed by atoms with van der Waals surface area (Å²) in [6.07, 6.45) is 6.40. The van der Waals surface area contributed by atoms with Crippen molar-refractivity contribution in [3.8, 4) is 39.1 Å². The van der Waals surface area contributed by atoms with Gasteiger partial charge in [0.25, 0.3) is 0 Å². The Bertz CT molecular complexity index is 3810. The maximum atomic E-state index is 6.75. The third-order valence-corrected chi connectivity index (χ3v) is 14.4. The van der Waals surface area contributed by atoms with Crippen molar-refractivity contribution in [2.24, 2.45) is 0 Å². The molecular weight excluding hydrogens is 813 g/mol. The van der Waals surface area contributed by atoms with E-state index in [1.54, 1.807) is 0 Å². The highest BCUT2D eigenvalue weighted by Crippen LogP contribution is 2.49. The lowest BCUT2D eigenvalue weighted by atomic mass is 9.80. The number of nitrogens with zero attached hydrogens (tertiary/aromatic N) is 2. The summed E-state index contributed by atoms with van der Waals surface area (Å²) in [5.74, 6) is 0.557. The smallest absolute Gasteiger partial charge is 0.143 e. The van der Waals surface area contributed by atoms with Crippen molar-refractivity contribution < 1.29 is 4.42 Å². The first-order valence-electron chi connectivity index (χ1n) is 23.9. The van der Waals surface area contributed by atoms with E-state index in [9.17, 15) is 0 Å². The Morgan fingerprint density at radius 2 is 1.03 bits per heavy atom. The van der Waals surface area contributed by atoms with Crippen LogP contribution in [-0.4, -0.2) is 4.57 Å². The molecule has 12 aromatic rings. The fraction of sp³-hybridized carbons (Fsp3) is 0.0938. The summed E-state index contributed by atoms with van der Waals surface area (Å²) in [6, 6.07) is 82.3. The number of hydrogen-bond acceptors (Lipinski definition) is 2. The van der Waals surface area contributed by atoms with Gasteiger partial charge in [0.05, 0.1) is 22.4 Å². The molecule has 0 spiro atoms. The molecule has 1 saturated carbocycles. The van der Waals surface area contributed by atoms with E-state index in [4.69, 9.17) is 4.42 Å². The molecule has 0 aliphatic heterocycles. The topological polar surface area (TPSA) is 21.3 Å². The number of furan rings is 1. The predicted molar refractivity (Wildman–Crippen MR) is 282 cm³/mol. The van der Waals surface area contributed by atoms with Gasteiger partial charge in [-0.15, -0.1) is 0 Å². The zero-order valence-corrected chi connectivity index (χ0v) is 37.3. The summed E-state index contributed by atoms with van der Waals surface area (Å²) in [6.45, 7) is 0. The van der Waals surface area contributed by atoms with Crippen LogP contribution in [0.3, 0.4) is 0 Å². The zero-order valence-electron chi connectivity index (χ0n) is 37.3. The lowest BCUT2D eigenvalue weighted by Crippen LogP contribution is -2.13. The maximum absolute atomic E-state index is 6.75.